The van der Waals surface area contributed by atoms with Crippen LogP contribution in [-0.4, -0.2) is 101 Å². The maximum absolute atomic E-state index is 11.3. The van der Waals surface area contributed by atoms with Gasteiger partial charge in [-0.05, 0) is 90.5 Å². The molecule has 0 heterocycles. The molecule has 316 valence electrons. The van der Waals surface area contributed by atoms with E-state index in [0.29, 0.717) is 32.5 Å². The highest BCUT2D eigenvalue weighted by atomic mass is 35.5. The number of carbonyl (C=O) groups excluding carboxylic acids is 5. The molecule has 0 saturated heterocycles. The number of carboxylic acid groups (broad SMARTS) is 1. The second-order valence-electron chi connectivity index (χ2n) is 10.8. The number of amides is 2. The van der Waals surface area contributed by atoms with Crippen LogP contribution in [0.3, 0.4) is 0 Å². The van der Waals surface area contributed by atoms with Crippen molar-refractivity contribution in [3.05, 3.63) is 89.5 Å². The first kappa shape index (κ1) is 54.0. The van der Waals surface area contributed by atoms with Crippen molar-refractivity contribution in [3.8, 4) is 17.2 Å². The van der Waals surface area contributed by atoms with Gasteiger partial charge in [0.1, 0.15) is 36.5 Å². The van der Waals surface area contributed by atoms with E-state index in [4.69, 9.17) is 59.9 Å². The molecule has 0 radical (unpaired) electrons. The van der Waals surface area contributed by atoms with Crippen LogP contribution in [0.1, 0.15) is 36.0 Å². The molecule has 18 heteroatoms. The Kier molecular flexibility index (Phi) is 33.5. The van der Waals surface area contributed by atoms with Crippen molar-refractivity contribution in [2.75, 3.05) is 60.5 Å². The van der Waals surface area contributed by atoms with E-state index in [-0.39, 0.29) is 24.1 Å². The minimum absolute atomic E-state index is 0.194. The molecule has 3 aromatic carbocycles. The Morgan fingerprint density at radius 3 is 1.14 bits per heavy atom. The first-order valence-corrected chi connectivity index (χ1v) is 18.4. The number of alkyl halides is 2. The summed E-state index contributed by atoms with van der Waals surface area (Å²) in [7, 11) is 7.33. The first-order valence-electron chi connectivity index (χ1n) is 17.0. The number of hydrogen-bond acceptors (Lipinski definition) is 12. The van der Waals surface area contributed by atoms with Gasteiger partial charge in [-0.25, -0.2) is 0 Å². The molecular weight excluding hydrogens is 809 g/mol. The van der Waals surface area contributed by atoms with E-state index in [9.17, 15) is 28.8 Å². The van der Waals surface area contributed by atoms with Crippen molar-refractivity contribution in [3.63, 3.8) is 0 Å². The van der Waals surface area contributed by atoms with E-state index in [1.807, 2.05) is 72.8 Å². The standard InChI is InChI=1S/C13H17NO4.C12H15NO4.C9H13NO.C4H5ClO3.CH2Cl2/c1-17-11-5-3-10(4-6-11)7-8-14-12(15)9-13(16)18-2;1-17-10-4-2-9(3-5-10)6-7-13-11(14)8-12(15)16;1-11-9-4-2-8(3-5-9)6-7-10;1-8-4(7)2-3(5)6;2-1-3/h3-6H,7-9H2,1-2H3,(H,14,15);2-5H,6-8H2,1H3,(H,13,14)(H,15,16);2-5H,6-7,10H2,1H3;2H2,1H3;1H2. The van der Waals surface area contributed by atoms with Crippen LogP contribution in [0.5, 0.6) is 17.2 Å². The van der Waals surface area contributed by atoms with Gasteiger partial charge in [0.2, 0.25) is 17.1 Å². The molecule has 0 aliphatic heterocycles. The molecule has 0 saturated carbocycles. The van der Waals surface area contributed by atoms with Gasteiger partial charge in [-0.15, -0.1) is 23.2 Å². The van der Waals surface area contributed by atoms with Gasteiger partial charge < -0.3 is 45.2 Å². The summed E-state index contributed by atoms with van der Waals surface area (Å²) >= 11 is 14.3. The molecule has 0 fully saturated rings. The van der Waals surface area contributed by atoms with Crippen LogP contribution < -0.4 is 30.6 Å². The fourth-order valence-corrected chi connectivity index (χ4v) is 4.00. The Morgan fingerprint density at radius 1 is 0.561 bits per heavy atom. The van der Waals surface area contributed by atoms with Gasteiger partial charge in [0.05, 0.1) is 40.9 Å². The molecule has 0 bridgehead atoms. The zero-order chi connectivity index (χ0) is 43.4. The summed E-state index contributed by atoms with van der Waals surface area (Å²) < 4.78 is 23.6. The van der Waals surface area contributed by atoms with Gasteiger partial charge in [-0.1, -0.05) is 36.4 Å². The van der Waals surface area contributed by atoms with Gasteiger partial charge in [0.25, 0.3) is 0 Å². The van der Waals surface area contributed by atoms with E-state index < -0.39 is 35.5 Å². The van der Waals surface area contributed by atoms with Crippen LogP contribution in [0, 0.1) is 0 Å². The number of hydrogen-bond donors (Lipinski definition) is 4. The van der Waals surface area contributed by atoms with Gasteiger partial charge in [-0.3, -0.25) is 28.8 Å². The van der Waals surface area contributed by atoms with Crippen molar-refractivity contribution in [1.82, 2.24) is 10.6 Å². The number of carboxylic acids is 1. The predicted octanol–water partition coefficient (Wildman–Crippen LogP) is 4.68. The Morgan fingerprint density at radius 2 is 0.877 bits per heavy atom. The van der Waals surface area contributed by atoms with E-state index >= 15 is 0 Å². The topological polar surface area (TPSA) is 219 Å². The highest BCUT2D eigenvalue weighted by Crippen LogP contribution is 2.13. The average Bonchev–Trinajstić information content (AvgIpc) is 3.19. The van der Waals surface area contributed by atoms with Gasteiger partial charge in [0, 0.05) is 13.1 Å². The Labute approximate surface area is 348 Å². The molecule has 3 rings (SSSR count). The summed E-state index contributed by atoms with van der Waals surface area (Å²) in [4.78, 5) is 63.3. The molecule has 3 aromatic rings. The number of methoxy groups -OCH3 is 5. The van der Waals surface area contributed by atoms with E-state index in [2.05, 4.69) is 20.1 Å². The van der Waals surface area contributed by atoms with E-state index in [1.165, 1.54) is 19.8 Å². The number of nitrogens with two attached hydrogens (primary N) is 1. The predicted molar refractivity (Wildman–Crippen MR) is 218 cm³/mol. The quantitative estimate of drug-likeness (QED) is 0.0628. The molecular formula is C39H52Cl3N3O12. The number of nitrogens with one attached hydrogen (secondary N) is 2. The van der Waals surface area contributed by atoms with Crippen molar-refractivity contribution >= 4 is 69.8 Å². The van der Waals surface area contributed by atoms with Crippen LogP contribution in [0.25, 0.3) is 0 Å². The van der Waals surface area contributed by atoms with Crippen LogP contribution in [0.4, 0.5) is 0 Å². The molecule has 5 N–H and O–H groups in total. The lowest BCUT2D eigenvalue weighted by molar-refractivity contribution is -0.144. The maximum atomic E-state index is 11.3. The van der Waals surface area contributed by atoms with Gasteiger partial charge in [-0.2, -0.15) is 0 Å². The third-order valence-electron chi connectivity index (χ3n) is 6.74. The largest absolute Gasteiger partial charge is 0.497 e. The summed E-state index contributed by atoms with van der Waals surface area (Å²) in [6.07, 6.45) is 1.23. The lowest BCUT2D eigenvalue weighted by Gasteiger charge is -2.05. The highest BCUT2D eigenvalue weighted by Gasteiger charge is 2.09. The zero-order valence-corrected chi connectivity index (χ0v) is 34.9. The normalized spacial score (nSPS) is 9.28. The van der Waals surface area contributed by atoms with Crippen molar-refractivity contribution < 1.29 is 57.6 Å². The number of esters is 2. The van der Waals surface area contributed by atoms with Crippen molar-refractivity contribution in [2.24, 2.45) is 5.73 Å². The maximum Gasteiger partial charge on any atom is 0.315 e. The molecule has 57 heavy (non-hydrogen) atoms. The second-order valence-corrected chi connectivity index (χ2v) is 12.0. The number of benzene rings is 3. The fraction of sp³-hybridized carbons (Fsp3) is 0.385. The molecule has 0 atom stereocenters. The molecule has 0 aromatic heterocycles. The zero-order valence-electron chi connectivity index (χ0n) is 32.6. The number of aliphatic carboxylic acids is 1. The first-order chi connectivity index (χ1) is 27.2. The second kappa shape index (κ2) is 35.3. The fourth-order valence-electron chi connectivity index (χ4n) is 3.89. The number of carbonyl (C=O) groups is 6. The number of rotatable bonds is 17. The van der Waals surface area contributed by atoms with Crippen LogP contribution in [0.15, 0.2) is 72.8 Å². The minimum Gasteiger partial charge on any atom is -0.497 e. The number of halogens is 3. The lowest BCUT2D eigenvalue weighted by atomic mass is 10.1. The summed E-state index contributed by atoms with van der Waals surface area (Å²) in [5.41, 5.74) is 8.81. The lowest BCUT2D eigenvalue weighted by Crippen LogP contribution is -2.28. The third-order valence-corrected chi connectivity index (χ3v) is 6.87. The summed E-state index contributed by atoms with van der Waals surface area (Å²) in [5, 5.41) is 13.1. The summed E-state index contributed by atoms with van der Waals surface area (Å²) in [6, 6.07) is 23.1. The van der Waals surface area contributed by atoms with Crippen LogP contribution in [-0.2, 0) is 57.5 Å². The Balaban J connectivity index is 0. The van der Waals surface area contributed by atoms with Crippen molar-refractivity contribution in [2.45, 2.75) is 38.5 Å². The van der Waals surface area contributed by atoms with E-state index in [0.717, 1.165) is 34.8 Å². The van der Waals surface area contributed by atoms with Gasteiger partial charge in [0.15, 0.2) is 0 Å². The molecule has 0 spiro atoms. The average molecular weight is 861 g/mol. The number of ether oxygens (including phenoxy) is 5. The van der Waals surface area contributed by atoms with Gasteiger partial charge >= 0.3 is 17.9 Å². The summed E-state index contributed by atoms with van der Waals surface area (Å²) in [5.74, 6) is -0.571. The monoisotopic (exact) mass is 859 g/mol. The molecule has 0 aliphatic carbocycles. The Bertz CT molecular complexity index is 1580. The third kappa shape index (κ3) is 31.8. The van der Waals surface area contributed by atoms with Crippen LogP contribution in [0.2, 0.25) is 0 Å². The van der Waals surface area contributed by atoms with E-state index in [1.54, 1.807) is 21.3 Å². The van der Waals surface area contributed by atoms with Crippen molar-refractivity contribution in [1.29, 1.82) is 0 Å². The molecule has 15 nitrogen and oxygen atoms in total. The molecule has 0 unspecified atom stereocenters. The highest BCUT2D eigenvalue weighted by molar-refractivity contribution is 6.64. The molecule has 2 amide bonds. The SMILES string of the molecule is COC(=O)CC(=O)Cl.COC(=O)CC(=O)NCCc1ccc(OC)cc1.COc1ccc(CCN)cc1.COc1ccc(CCNC(=O)CC(=O)O)cc1.ClCCl. The minimum atomic E-state index is -1.12. The smallest absolute Gasteiger partial charge is 0.315 e. The summed E-state index contributed by atoms with van der Waals surface area (Å²) in [6.45, 7) is 1.62. The van der Waals surface area contributed by atoms with Crippen LogP contribution >= 0.6 is 34.8 Å². The Hall–Kier alpha value is -5.09. The molecule has 0 aliphatic rings.